The van der Waals surface area contributed by atoms with Crippen molar-refractivity contribution in [3.05, 3.63) is 46.5 Å². The SMILES string of the molecule is CC1=C[C@@H](C)CN(C[C@H](C(N)=O)c2ccc(Cl)cc2)C1. The zero-order valence-electron chi connectivity index (χ0n) is 12.0. The van der Waals surface area contributed by atoms with Gasteiger partial charge in [-0.3, -0.25) is 9.69 Å². The molecule has 0 unspecified atom stereocenters. The fraction of sp³-hybridized carbons (Fsp3) is 0.438. The summed E-state index contributed by atoms with van der Waals surface area (Å²) in [6.07, 6.45) is 2.29. The number of nitrogens with two attached hydrogens (primary N) is 1. The molecule has 1 aliphatic heterocycles. The number of amides is 1. The van der Waals surface area contributed by atoms with E-state index in [-0.39, 0.29) is 11.8 Å². The van der Waals surface area contributed by atoms with E-state index in [4.69, 9.17) is 17.3 Å². The van der Waals surface area contributed by atoms with E-state index in [2.05, 4.69) is 24.8 Å². The molecule has 1 aromatic rings. The quantitative estimate of drug-likeness (QED) is 0.868. The highest BCUT2D eigenvalue weighted by molar-refractivity contribution is 6.30. The van der Waals surface area contributed by atoms with Crippen LogP contribution in [0.3, 0.4) is 0 Å². The van der Waals surface area contributed by atoms with Gasteiger partial charge in [-0.2, -0.15) is 0 Å². The van der Waals surface area contributed by atoms with Crippen molar-refractivity contribution in [1.29, 1.82) is 0 Å². The summed E-state index contributed by atoms with van der Waals surface area (Å²) in [6.45, 7) is 6.85. The predicted octanol–water partition coefficient (Wildman–Crippen LogP) is 2.81. The lowest BCUT2D eigenvalue weighted by molar-refractivity contribution is -0.119. The Bertz CT molecular complexity index is 510. The molecule has 0 aliphatic carbocycles. The summed E-state index contributed by atoms with van der Waals surface area (Å²) >= 11 is 5.89. The molecule has 2 rings (SSSR count). The van der Waals surface area contributed by atoms with Crippen LogP contribution in [0.5, 0.6) is 0 Å². The highest BCUT2D eigenvalue weighted by atomic mass is 35.5. The number of hydrogen-bond acceptors (Lipinski definition) is 2. The van der Waals surface area contributed by atoms with Crippen LogP contribution < -0.4 is 5.73 Å². The highest BCUT2D eigenvalue weighted by Gasteiger charge is 2.24. The Hall–Kier alpha value is -1.32. The van der Waals surface area contributed by atoms with Crippen molar-refractivity contribution in [1.82, 2.24) is 4.90 Å². The topological polar surface area (TPSA) is 46.3 Å². The molecular weight excluding hydrogens is 272 g/mol. The van der Waals surface area contributed by atoms with Gasteiger partial charge in [0.2, 0.25) is 5.91 Å². The Balaban J connectivity index is 2.12. The molecule has 0 spiro atoms. The van der Waals surface area contributed by atoms with Crippen LogP contribution in [0.4, 0.5) is 0 Å². The minimum absolute atomic E-state index is 0.285. The fourth-order valence-corrected chi connectivity index (χ4v) is 2.99. The molecule has 108 valence electrons. The smallest absolute Gasteiger partial charge is 0.226 e. The van der Waals surface area contributed by atoms with Gasteiger partial charge in [0.25, 0.3) is 0 Å². The van der Waals surface area contributed by atoms with Crippen LogP contribution >= 0.6 is 11.6 Å². The molecule has 3 nitrogen and oxygen atoms in total. The van der Waals surface area contributed by atoms with Gasteiger partial charge in [-0.15, -0.1) is 0 Å². The molecule has 2 atom stereocenters. The van der Waals surface area contributed by atoms with Crippen molar-refractivity contribution in [3.63, 3.8) is 0 Å². The van der Waals surface area contributed by atoms with E-state index in [1.807, 2.05) is 12.1 Å². The molecule has 0 radical (unpaired) electrons. The van der Waals surface area contributed by atoms with Gasteiger partial charge in [0, 0.05) is 24.7 Å². The Morgan fingerprint density at radius 2 is 2.10 bits per heavy atom. The first-order valence-electron chi connectivity index (χ1n) is 6.90. The predicted molar refractivity (Wildman–Crippen MR) is 82.7 cm³/mol. The Labute approximate surface area is 125 Å². The van der Waals surface area contributed by atoms with Crippen molar-refractivity contribution in [2.45, 2.75) is 19.8 Å². The molecule has 20 heavy (non-hydrogen) atoms. The number of rotatable bonds is 4. The molecule has 1 aliphatic rings. The third kappa shape index (κ3) is 3.84. The number of primary amides is 1. The molecule has 4 heteroatoms. The summed E-state index contributed by atoms with van der Waals surface area (Å²) < 4.78 is 0. The van der Waals surface area contributed by atoms with Gasteiger partial charge >= 0.3 is 0 Å². The number of halogens is 1. The van der Waals surface area contributed by atoms with E-state index in [0.717, 1.165) is 18.7 Å². The molecule has 0 aromatic heterocycles. The summed E-state index contributed by atoms with van der Waals surface area (Å²) in [5.74, 6) is -0.0555. The molecule has 0 bridgehead atoms. The highest BCUT2D eigenvalue weighted by Crippen LogP contribution is 2.22. The lowest BCUT2D eigenvalue weighted by Gasteiger charge is -2.32. The van der Waals surface area contributed by atoms with Gasteiger partial charge in [0.05, 0.1) is 5.92 Å². The summed E-state index contributed by atoms with van der Waals surface area (Å²) in [4.78, 5) is 14.1. The van der Waals surface area contributed by atoms with Crippen molar-refractivity contribution < 1.29 is 4.79 Å². The lowest BCUT2D eigenvalue weighted by Crippen LogP contribution is -2.39. The first-order valence-corrected chi connectivity index (χ1v) is 7.28. The lowest BCUT2D eigenvalue weighted by atomic mass is 9.95. The molecular formula is C16H21ClN2O. The van der Waals surface area contributed by atoms with E-state index >= 15 is 0 Å². The second kappa shape index (κ2) is 6.42. The Morgan fingerprint density at radius 3 is 2.65 bits per heavy atom. The van der Waals surface area contributed by atoms with Crippen LogP contribution in [0.1, 0.15) is 25.3 Å². The molecule has 1 aromatic carbocycles. The Kier molecular flexibility index (Phi) is 4.84. The van der Waals surface area contributed by atoms with Crippen LogP contribution in [-0.2, 0) is 4.79 Å². The van der Waals surface area contributed by atoms with E-state index in [0.29, 0.717) is 17.5 Å². The van der Waals surface area contributed by atoms with E-state index in [9.17, 15) is 4.79 Å². The van der Waals surface area contributed by atoms with E-state index in [1.165, 1.54) is 5.57 Å². The van der Waals surface area contributed by atoms with Gasteiger partial charge in [0.15, 0.2) is 0 Å². The molecule has 2 N–H and O–H groups in total. The first kappa shape index (κ1) is 15.1. The average molecular weight is 293 g/mol. The minimum Gasteiger partial charge on any atom is -0.369 e. The summed E-state index contributed by atoms with van der Waals surface area (Å²) in [7, 11) is 0. The first-order chi connectivity index (χ1) is 9.45. The zero-order chi connectivity index (χ0) is 14.7. The standard InChI is InChI=1S/C16H21ClN2O/c1-11-7-12(2)9-19(8-11)10-15(16(18)20)13-3-5-14(17)6-4-13/h3-7,11,15H,8-10H2,1-2H3,(H2,18,20)/t11-,15+/m1/s1. The molecule has 0 saturated carbocycles. The maximum absolute atomic E-state index is 11.8. The van der Waals surface area contributed by atoms with E-state index in [1.54, 1.807) is 12.1 Å². The summed E-state index contributed by atoms with van der Waals surface area (Å²) in [5, 5.41) is 0.669. The largest absolute Gasteiger partial charge is 0.369 e. The number of benzene rings is 1. The van der Waals surface area contributed by atoms with Crippen molar-refractivity contribution in [3.8, 4) is 0 Å². The molecule has 0 saturated heterocycles. The zero-order valence-corrected chi connectivity index (χ0v) is 12.7. The maximum Gasteiger partial charge on any atom is 0.226 e. The van der Waals surface area contributed by atoms with Crippen molar-refractivity contribution in [2.75, 3.05) is 19.6 Å². The number of carbonyl (C=O) groups excluding carboxylic acids is 1. The third-order valence-electron chi connectivity index (χ3n) is 3.64. The maximum atomic E-state index is 11.8. The van der Waals surface area contributed by atoms with E-state index < -0.39 is 0 Å². The number of nitrogens with zero attached hydrogens (tertiary/aromatic N) is 1. The fourth-order valence-electron chi connectivity index (χ4n) is 2.87. The summed E-state index contributed by atoms with van der Waals surface area (Å²) in [5.41, 5.74) is 7.86. The average Bonchev–Trinajstić information content (AvgIpc) is 2.36. The van der Waals surface area contributed by atoms with Crippen LogP contribution in [-0.4, -0.2) is 30.4 Å². The number of carbonyl (C=O) groups is 1. The number of hydrogen-bond donors (Lipinski definition) is 1. The third-order valence-corrected chi connectivity index (χ3v) is 3.90. The van der Waals surface area contributed by atoms with Crippen LogP contribution in [0.25, 0.3) is 0 Å². The molecule has 1 amide bonds. The second-order valence-corrected chi connectivity index (χ2v) is 6.13. The van der Waals surface area contributed by atoms with Crippen LogP contribution in [0.2, 0.25) is 5.02 Å². The molecule has 0 fully saturated rings. The van der Waals surface area contributed by atoms with Gasteiger partial charge in [0.1, 0.15) is 0 Å². The van der Waals surface area contributed by atoms with Crippen molar-refractivity contribution in [2.24, 2.45) is 11.7 Å². The van der Waals surface area contributed by atoms with Crippen LogP contribution in [0, 0.1) is 5.92 Å². The Morgan fingerprint density at radius 1 is 1.45 bits per heavy atom. The van der Waals surface area contributed by atoms with Gasteiger partial charge in [-0.1, -0.05) is 42.3 Å². The van der Waals surface area contributed by atoms with Crippen LogP contribution in [0.15, 0.2) is 35.9 Å². The van der Waals surface area contributed by atoms with Gasteiger partial charge < -0.3 is 5.73 Å². The second-order valence-electron chi connectivity index (χ2n) is 5.69. The van der Waals surface area contributed by atoms with Gasteiger partial charge in [-0.25, -0.2) is 0 Å². The van der Waals surface area contributed by atoms with Gasteiger partial charge in [-0.05, 0) is 30.5 Å². The van der Waals surface area contributed by atoms with Crippen molar-refractivity contribution >= 4 is 17.5 Å². The minimum atomic E-state index is -0.287. The summed E-state index contributed by atoms with van der Waals surface area (Å²) in [6, 6.07) is 7.37. The normalized spacial score (nSPS) is 21.4. The molecule has 1 heterocycles. The monoisotopic (exact) mass is 292 g/mol.